The van der Waals surface area contributed by atoms with E-state index in [1.807, 2.05) is 35.2 Å². The number of aryl methyl sites for hydroxylation is 1. The highest BCUT2D eigenvalue weighted by Crippen LogP contribution is 2.35. The van der Waals surface area contributed by atoms with Gasteiger partial charge in [-0.25, -0.2) is 4.98 Å². The second-order valence-corrected chi connectivity index (χ2v) is 7.23. The van der Waals surface area contributed by atoms with E-state index < -0.39 is 0 Å². The fourth-order valence-corrected chi connectivity index (χ4v) is 3.96. The molecule has 140 valence electrons. The summed E-state index contributed by atoms with van der Waals surface area (Å²) in [6.07, 6.45) is 0.490. The molecule has 0 radical (unpaired) electrons. The molecule has 1 atom stereocenters. The summed E-state index contributed by atoms with van der Waals surface area (Å²) < 4.78 is 7.51. The number of fused-ring (bicyclic) bond motifs is 1. The van der Waals surface area contributed by atoms with Crippen LogP contribution in [0.2, 0.25) is 0 Å². The largest absolute Gasteiger partial charge is 0.383 e. The van der Waals surface area contributed by atoms with Gasteiger partial charge in [-0.3, -0.25) is 4.79 Å². The number of rotatable bonds is 5. The predicted octanol–water partition coefficient (Wildman–Crippen LogP) is 3.82. The van der Waals surface area contributed by atoms with Crippen molar-refractivity contribution in [2.45, 2.75) is 32.7 Å². The van der Waals surface area contributed by atoms with Gasteiger partial charge in [0.05, 0.1) is 17.6 Å². The van der Waals surface area contributed by atoms with Gasteiger partial charge in [-0.1, -0.05) is 24.3 Å². The summed E-state index contributed by atoms with van der Waals surface area (Å²) in [7, 11) is 1.71. The lowest BCUT2D eigenvalue weighted by Gasteiger charge is -2.20. The number of methoxy groups -OCH3 is 1. The maximum Gasteiger partial charge on any atom is 0.227 e. The van der Waals surface area contributed by atoms with Crippen molar-refractivity contribution in [3.8, 4) is 0 Å². The van der Waals surface area contributed by atoms with E-state index in [-0.39, 0.29) is 11.8 Å². The second kappa shape index (κ2) is 7.16. The zero-order chi connectivity index (χ0) is 19.0. The number of carbonyl (C=O) groups excluding carboxylic acids is 1. The summed E-state index contributed by atoms with van der Waals surface area (Å²) in [5.41, 5.74) is 5.46. The molecular formula is C22H25N3O2. The summed E-state index contributed by atoms with van der Waals surface area (Å²) in [6.45, 7) is 6.19. The highest BCUT2D eigenvalue weighted by Gasteiger charge is 2.35. The maximum atomic E-state index is 12.8. The predicted molar refractivity (Wildman–Crippen MR) is 107 cm³/mol. The highest BCUT2D eigenvalue weighted by atomic mass is 16.5. The quantitative estimate of drug-likeness (QED) is 0.692. The van der Waals surface area contributed by atoms with Crippen molar-refractivity contribution >= 4 is 22.6 Å². The average Bonchev–Trinajstić information content (AvgIpc) is 3.23. The number of hydrogen-bond acceptors (Lipinski definition) is 3. The molecule has 1 aromatic heterocycles. The summed E-state index contributed by atoms with van der Waals surface area (Å²) >= 11 is 0. The lowest BCUT2D eigenvalue weighted by atomic mass is 10.1. The molecular weight excluding hydrogens is 338 g/mol. The molecule has 0 saturated carbocycles. The Labute approximate surface area is 159 Å². The summed E-state index contributed by atoms with van der Waals surface area (Å²) in [4.78, 5) is 19.6. The first-order valence-electron chi connectivity index (χ1n) is 9.41. The van der Waals surface area contributed by atoms with Gasteiger partial charge in [-0.15, -0.1) is 0 Å². The van der Waals surface area contributed by atoms with Crippen LogP contribution in [0, 0.1) is 13.8 Å². The molecule has 1 fully saturated rings. The third-order valence-corrected chi connectivity index (χ3v) is 5.56. The minimum Gasteiger partial charge on any atom is -0.383 e. The van der Waals surface area contributed by atoms with E-state index >= 15 is 0 Å². The summed E-state index contributed by atoms with van der Waals surface area (Å²) in [5, 5.41) is 0. The van der Waals surface area contributed by atoms with Crippen LogP contribution in [-0.4, -0.2) is 35.7 Å². The van der Waals surface area contributed by atoms with Crippen LogP contribution < -0.4 is 4.90 Å². The monoisotopic (exact) mass is 363 g/mol. The minimum absolute atomic E-state index is 0.0849. The van der Waals surface area contributed by atoms with Crippen LogP contribution >= 0.6 is 0 Å². The number of aromatic nitrogens is 2. The number of nitrogens with zero attached hydrogens (tertiary/aromatic N) is 3. The molecule has 1 aliphatic heterocycles. The van der Waals surface area contributed by atoms with Crippen molar-refractivity contribution in [1.82, 2.24) is 9.55 Å². The fraction of sp³-hybridized carbons (Fsp3) is 0.364. The van der Waals surface area contributed by atoms with Crippen LogP contribution in [0.15, 0.2) is 42.5 Å². The van der Waals surface area contributed by atoms with E-state index in [1.54, 1.807) is 7.11 Å². The molecule has 1 saturated heterocycles. The van der Waals surface area contributed by atoms with Gasteiger partial charge in [0.15, 0.2) is 0 Å². The van der Waals surface area contributed by atoms with Crippen molar-refractivity contribution in [3.63, 3.8) is 0 Å². The van der Waals surface area contributed by atoms with E-state index in [0.29, 0.717) is 19.6 Å². The SMILES string of the molecule is COCCn1c(C2CC(=O)N(c3cccc(C)c3C)C2)nc2ccccc21. The Morgan fingerprint density at radius 1 is 1.15 bits per heavy atom. The van der Waals surface area contributed by atoms with E-state index in [1.165, 1.54) is 11.1 Å². The van der Waals surface area contributed by atoms with Gasteiger partial charge in [0.25, 0.3) is 0 Å². The number of amides is 1. The van der Waals surface area contributed by atoms with Crippen molar-refractivity contribution in [1.29, 1.82) is 0 Å². The first-order chi connectivity index (χ1) is 13.1. The Morgan fingerprint density at radius 3 is 2.78 bits per heavy atom. The van der Waals surface area contributed by atoms with Gasteiger partial charge in [-0.05, 0) is 43.2 Å². The molecule has 0 bridgehead atoms. The van der Waals surface area contributed by atoms with E-state index in [2.05, 4.69) is 30.5 Å². The normalized spacial score (nSPS) is 17.2. The standard InChI is InChI=1S/C22H25N3O2/c1-15-7-6-10-19(16(15)2)25-14-17(13-21(25)26)22-23-18-8-4-5-9-20(18)24(22)11-12-27-3/h4-10,17H,11-14H2,1-3H3. The molecule has 2 aromatic carbocycles. The Bertz CT molecular complexity index is 992. The van der Waals surface area contributed by atoms with Crippen LogP contribution in [0.5, 0.6) is 0 Å². The van der Waals surface area contributed by atoms with Crippen molar-refractivity contribution in [3.05, 3.63) is 59.4 Å². The number of benzene rings is 2. The van der Waals surface area contributed by atoms with Gasteiger partial charge in [-0.2, -0.15) is 0 Å². The Morgan fingerprint density at radius 2 is 1.96 bits per heavy atom. The third-order valence-electron chi connectivity index (χ3n) is 5.56. The zero-order valence-electron chi connectivity index (χ0n) is 16.1. The highest BCUT2D eigenvalue weighted by molar-refractivity contribution is 5.97. The lowest BCUT2D eigenvalue weighted by Crippen LogP contribution is -2.25. The third kappa shape index (κ3) is 3.12. The zero-order valence-corrected chi connectivity index (χ0v) is 16.1. The second-order valence-electron chi connectivity index (χ2n) is 7.23. The number of ether oxygens (including phenoxy) is 1. The molecule has 3 aromatic rings. The van der Waals surface area contributed by atoms with Gasteiger partial charge >= 0.3 is 0 Å². The average molecular weight is 363 g/mol. The van der Waals surface area contributed by atoms with Crippen molar-refractivity contribution in [2.75, 3.05) is 25.2 Å². The Hall–Kier alpha value is -2.66. The topological polar surface area (TPSA) is 47.4 Å². The minimum atomic E-state index is 0.0849. The van der Waals surface area contributed by atoms with Gasteiger partial charge in [0.1, 0.15) is 5.82 Å². The number of imidazole rings is 1. The smallest absolute Gasteiger partial charge is 0.227 e. The first kappa shape index (κ1) is 17.7. The van der Waals surface area contributed by atoms with E-state index in [4.69, 9.17) is 9.72 Å². The van der Waals surface area contributed by atoms with E-state index in [9.17, 15) is 4.79 Å². The molecule has 2 heterocycles. The van der Waals surface area contributed by atoms with Crippen LogP contribution in [0.3, 0.4) is 0 Å². The van der Waals surface area contributed by atoms with Gasteiger partial charge in [0.2, 0.25) is 5.91 Å². The molecule has 5 nitrogen and oxygen atoms in total. The molecule has 1 amide bonds. The number of carbonyl (C=O) groups is 1. The van der Waals surface area contributed by atoms with Gasteiger partial charge in [0, 0.05) is 38.2 Å². The Balaban J connectivity index is 1.70. The van der Waals surface area contributed by atoms with Crippen LogP contribution in [-0.2, 0) is 16.1 Å². The molecule has 0 aliphatic carbocycles. The lowest BCUT2D eigenvalue weighted by molar-refractivity contribution is -0.117. The van der Waals surface area contributed by atoms with Crippen molar-refractivity contribution < 1.29 is 9.53 Å². The molecule has 5 heteroatoms. The molecule has 4 rings (SSSR count). The summed E-state index contributed by atoms with van der Waals surface area (Å²) in [6, 6.07) is 14.3. The van der Waals surface area contributed by atoms with Crippen LogP contribution in [0.25, 0.3) is 11.0 Å². The Kier molecular flexibility index (Phi) is 4.70. The fourth-order valence-electron chi connectivity index (χ4n) is 3.96. The van der Waals surface area contributed by atoms with Crippen LogP contribution in [0.1, 0.15) is 29.3 Å². The van der Waals surface area contributed by atoms with E-state index in [0.717, 1.165) is 29.1 Å². The number of hydrogen-bond donors (Lipinski definition) is 0. The molecule has 1 aliphatic rings. The van der Waals surface area contributed by atoms with Gasteiger partial charge < -0.3 is 14.2 Å². The number of anilines is 1. The van der Waals surface area contributed by atoms with Crippen LogP contribution in [0.4, 0.5) is 5.69 Å². The molecule has 0 N–H and O–H groups in total. The molecule has 1 unspecified atom stereocenters. The maximum absolute atomic E-state index is 12.8. The van der Waals surface area contributed by atoms with Crippen molar-refractivity contribution in [2.24, 2.45) is 0 Å². The first-order valence-corrected chi connectivity index (χ1v) is 9.41. The number of para-hydroxylation sites is 2. The molecule has 27 heavy (non-hydrogen) atoms. The molecule has 0 spiro atoms. The summed E-state index contributed by atoms with van der Waals surface area (Å²) in [5.74, 6) is 1.23.